The molecule has 7 heteroatoms. The van der Waals surface area contributed by atoms with Gasteiger partial charge in [-0.25, -0.2) is 9.97 Å². The summed E-state index contributed by atoms with van der Waals surface area (Å²) in [6, 6.07) is 14.0. The maximum atomic E-state index is 11.9. The van der Waals surface area contributed by atoms with E-state index in [4.69, 9.17) is 9.72 Å². The molecule has 2 N–H and O–H groups in total. The number of amides is 1. The first-order chi connectivity index (χ1) is 15.1. The van der Waals surface area contributed by atoms with Gasteiger partial charge in [-0.3, -0.25) is 9.79 Å². The molecule has 1 aliphatic carbocycles. The average Bonchev–Trinajstić information content (AvgIpc) is 3.47. The molecule has 31 heavy (non-hydrogen) atoms. The van der Waals surface area contributed by atoms with E-state index in [1.165, 1.54) is 5.56 Å². The molecule has 2 heterocycles. The Kier molecular flexibility index (Phi) is 5.08. The van der Waals surface area contributed by atoms with Gasteiger partial charge in [0.25, 0.3) is 5.91 Å². The summed E-state index contributed by atoms with van der Waals surface area (Å²) in [5.74, 6) is 1.85. The smallest absolute Gasteiger partial charge is 0.258 e. The summed E-state index contributed by atoms with van der Waals surface area (Å²) >= 11 is 0. The molecule has 3 aromatic rings. The average molecular weight is 413 g/mol. The monoisotopic (exact) mass is 413 g/mol. The van der Waals surface area contributed by atoms with Crippen LogP contribution in [0.2, 0.25) is 0 Å². The van der Waals surface area contributed by atoms with Gasteiger partial charge < -0.3 is 15.4 Å². The van der Waals surface area contributed by atoms with Crippen LogP contribution in [0.1, 0.15) is 29.5 Å². The lowest BCUT2D eigenvalue weighted by molar-refractivity contribution is -0.123. The lowest BCUT2D eigenvalue weighted by Gasteiger charge is -2.12. The lowest BCUT2D eigenvalue weighted by Crippen LogP contribution is -2.30. The van der Waals surface area contributed by atoms with Gasteiger partial charge in [0, 0.05) is 35.3 Å². The number of hydrogen-bond donors (Lipinski definition) is 2. The summed E-state index contributed by atoms with van der Waals surface area (Å²) in [4.78, 5) is 25.4. The number of carbonyl (C=O) groups excluding carboxylic acids is 1. The third-order valence-corrected chi connectivity index (χ3v) is 5.28. The molecule has 1 aliphatic heterocycles. The Morgan fingerprint density at radius 1 is 1.19 bits per heavy atom. The van der Waals surface area contributed by atoms with Crippen LogP contribution in [0.5, 0.6) is 5.75 Å². The molecule has 1 fully saturated rings. The lowest BCUT2D eigenvalue weighted by atomic mass is 10.1. The Morgan fingerprint density at radius 3 is 2.97 bits per heavy atom. The van der Waals surface area contributed by atoms with E-state index in [1.807, 2.05) is 43.5 Å². The normalized spacial score (nSPS) is 14.2. The fraction of sp³-hybridized carbons (Fsp3) is 0.250. The highest BCUT2D eigenvalue weighted by atomic mass is 16.5. The largest absolute Gasteiger partial charge is 0.484 e. The summed E-state index contributed by atoms with van der Waals surface area (Å²) in [5.41, 5.74) is 5.09. The fourth-order valence-electron chi connectivity index (χ4n) is 3.39. The Bertz CT molecular complexity index is 1170. The van der Waals surface area contributed by atoms with Crippen LogP contribution < -0.4 is 15.4 Å². The van der Waals surface area contributed by atoms with Crippen LogP contribution in [-0.2, 0) is 11.3 Å². The molecule has 2 aromatic carbocycles. The number of fused-ring (bicyclic) bond motifs is 1. The number of anilines is 2. The zero-order valence-corrected chi connectivity index (χ0v) is 17.3. The second kappa shape index (κ2) is 8.18. The van der Waals surface area contributed by atoms with Gasteiger partial charge in [0.05, 0.1) is 6.54 Å². The summed E-state index contributed by atoms with van der Waals surface area (Å²) < 4.78 is 5.66. The van der Waals surface area contributed by atoms with Gasteiger partial charge in [0.1, 0.15) is 11.6 Å². The Morgan fingerprint density at radius 2 is 2.10 bits per heavy atom. The minimum Gasteiger partial charge on any atom is -0.484 e. The number of aliphatic imine (C=N–C) groups is 1. The van der Waals surface area contributed by atoms with Crippen molar-refractivity contribution in [1.29, 1.82) is 0 Å². The van der Waals surface area contributed by atoms with E-state index in [0.717, 1.165) is 47.6 Å². The number of carbonyl (C=O) groups is 1. The summed E-state index contributed by atoms with van der Waals surface area (Å²) in [6.07, 6.45) is 5.81. The van der Waals surface area contributed by atoms with Gasteiger partial charge in [-0.2, -0.15) is 0 Å². The van der Waals surface area contributed by atoms with Gasteiger partial charge in [-0.15, -0.1) is 0 Å². The zero-order chi connectivity index (χ0) is 21.2. The Hall–Kier alpha value is -3.74. The minimum absolute atomic E-state index is 0.00312. The van der Waals surface area contributed by atoms with E-state index in [1.54, 1.807) is 6.20 Å². The number of benzene rings is 2. The van der Waals surface area contributed by atoms with Crippen molar-refractivity contribution in [3.8, 4) is 17.1 Å². The summed E-state index contributed by atoms with van der Waals surface area (Å²) in [5, 5.41) is 6.31. The Balaban J connectivity index is 1.32. The van der Waals surface area contributed by atoms with Gasteiger partial charge in [-0.05, 0) is 55.2 Å². The van der Waals surface area contributed by atoms with Crippen molar-refractivity contribution < 1.29 is 9.53 Å². The molecule has 156 valence electrons. The molecule has 0 spiro atoms. The molecule has 5 rings (SSSR count). The van der Waals surface area contributed by atoms with Crippen molar-refractivity contribution in [3.63, 3.8) is 0 Å². The number of rotatable bonds is 7. The quantitative estimate of drug-likeness (QED) is 0.615. The summed E-state index contributed by atoms with van der Waals surface area (Å²) in [6.45, 7) is 2.72. The van der Waals surface area contributed by atoms with Crippen molar-refractivity contribution in [2.45, 2.75) is 32.4 Å². The molecule has 0 bridgehead atoms. The van der Waals surface area contributed by atoms with E-state index < -0.39 is 0 Å². The van der Waals surface area contributed by atoms with Crippen molar-refractivity contribution in [1.82, 2.24) is 15.3 Å². The predicted octanol–water partition coefficient (Wildman–Crippen LogP) is 3.79. The molecule has 0 unspecified atom stereocenters. The highest BCUT2D eigenvalue weighted by molar-refractivity contribution is 5.86. The first-order valence-electron chi connectivity index (χ1n) is 10.4. The van der Waals surface area contributed by atoms with E-state index in [-0.39, 0.29) is 12.5 Å². The first kappa shape index (κ1) is 19.2. The molecule has 1 saturated carbocycles. The maximum Gasteiger partial charge on any atom is 0.258 e. The third kappa shape index (κ3) is 4.55. The van der Waals surface area contributed by atoms with E-state index >= 15 is 0 Å². The van der Waals surface area contributed by atoms with Crippen molar-refractivity contribution in [2.24, 2.45) is 4.99 Å². The minimum atomic E-state index is -0.0923. The maximum absolute atomic E-state index is 11.9. The van der Waals surface area contributed by atoms with Crippen molar-refractivity contribution in [3.05, 3.63) is 65.4 Å². The number of ether oxygens (including phenoxy) is 1. The van der Waals surface area contributed by atoms with E-state index in [0.29, 0.717) is 17.6 Å². The SMILES string of the molecule is Cc1cnc(-c2cccc(OCC(=O)NC3CC3)c2)nc1Nc1ccc2c(c1)C=NC2. The van der Waals surface area contributed by atoms with Crippen LogP contribution >= 0.6 is 0 Å². The van der Waals surface area contributed by atoms with E-state index in [9.17, 15) is 4.79 Å². The molecule has 1 aromatic heterocycles. The Labute approximate surface area is 180 Å². The van der Waals surface area contributed by atoms with Gasteiger partial charge in [0.2, 0.25) is 0 Å². The van der Waals surface area contributed by atoms with Crippen LogP contribution in [0, 0.1) is 6.92 Å². The van der Waals surface area contributed by atoms with Crippen molar-refractivity contribution in [2.75, 3.05) is 11.9 Å². The number of aryl methyl sites for hydroxylation is 1. The van der Waals surface area contributed by atoms with Crippen LogP contribution in [0.4, 0.5) is 11.5 Å². The molecule has 2 aliphatic rings. The number of hydrogen-bond acceptors (Lipinski definition) is 6. The third-order valence-electron chi connectivity index (χ3n) is 5.28. The fourth-order valence-corrected chi connectivity index (χ4v) is 3.39. The number of nitrogens with zero attached hydrogens (tertiary/aromatic N) is 3. The van der Waals surface area contributed by atoms with Crippen LogP contribution in [0.15, 0.2) is 53.7 Å². The van der Waals surface area contributed by atoms with Gasteiger partial charge >= 0.3 is 0 Å². The van der Waals surface area contributed by atoms with Crippen LogP contribution in [0.3, 0.4) is 0 Å². The first-order valence-corrected chi connectivity index (χ1v) is 10.4. The number of aromatic nitrogens is 2. The topological polar surface area (TPSA) is 88.5 Å². The second-order valence-electron chi connectivity index (χ2n) is 7.89. The van der Waals surface area contributed by atoms with Crippen molar-refractivity contribution >= 4 is 23.6 Å². The van der Waals surface area contributed by atoms with Gasteiger partial charge in [0.15, 0.2) is 12.4 Å². The molecule has 7 nitrogen and oxygen atoms in total. The molecule has 0 saturated heterocycles. The van der Waals surface area contributed by atoms with Crippen LogP contribution in [-0.4, -0.2) is 34.7 Å². The molecule has 0 radical (unpaired) electrons. The molecular formula is C24H23N5O2. The summed E-state index contributed by atoms with van der Waals surface area (Å²) in [7, 11) is 0. The second-order valence-corrected chi connectivity index (χ2v) is 7.89. The highest BCUT2D eigenvalue weighted by Crippen LogP contribution is 2.26. The predicted molar refractivity (Wildman–Crippen MR) is 120 cm³/mol. The molecular weight excluding hydrogens is 390 g/mol. The van der Waals surface area contributed by atoms with Crippen LogP contribution in [0.25, 0.3) is 11.4 Å². The van der Waals surface area contributed by atoms with Gasteiger partial charge in [-0.1, -0.05) is 18.2 Å². The highest BCUT2D eigenvalue weighted by Gasteiger charge is 2.23. The number of nitrogens with one attached hydrogen (secondary N) is 2. The standard InChI is InChI=1S/C24H23N5O2/c1-15-11-26-24(29-23(15)28-20-6-5-17-12-25-13-18(17)9-20)16-3-2-4-21(10-16)31-14-22(30)27-19-7-8-19/h2-6,9-11,13,19H,7-8,12,14H2,1H3,(H,27,30)(H,26,28,29). The zero-order valence-electron chi connectivity index (χ0n) is 17.3. The molecule has 0 atom stereocenters. The van der Waals surface area contributed by atoms with E-state index in [2.05, 4.69) is 32.7 Å². The molecule has 1 amide bonds.